The number of allylic oxidation sites excluding steroid dienone is 4. The zero-order valence-corrected chi connectivity index (χ0v) is 8.79. The first kappa shape index (κ1) is 8.46. The van der Waals surface area contributed by atoms with E-state index in [9.17, 15) is 4.79 Å². The van der Waals surface area contributed by atoms with Crippen LogP contribution in [0.1, 0.15) is 26.7 Å². The van der Waals surface area contributed by atoms with E-state index in [2.05, 4.69) is 26.0 Å². The highest BCUT2D eigenvalue weighted by Crippen LogP contribution is 2.54. The van der Waals surface area contributed by atoms with Crippen molar-refractivity contribution in [2.24, 2.45) is 23.7 Å². The minimum absolute atomic E-state index is 0.333. The van der Waals surface area contributed by atoms with Crippen LogP contribution in [0.25, 0.3) is 0 Å². The first-order valence-corrected chi connectivity index (χ1v) is 5.59. The molecule has 2 saturated carbocycles. The van der Waals surface area contributed by atoms with E-state index in [0.29, 0.717) is 29.5 Å². The summed E-state index contributed by atoms with van der Waals surface area (Å²) in [5.41, 5.74) is 3.01. The maximum atomic E-state index is 12.0. The molecule has 0 radical (unpaired) electrons. The molecule has 3 rings (SSSR count). The Morgan fingerprint density at radius 3 is 2.07 bits per heavy atom. The molecule has 0 spiro atoms. The van der Waals surface area contributed by atoms with Crippen LogP contribution in [0.5, 0.6) is 0 Å². The van der Waals surface area contributed by atoms with E-state index in [1.54, 1.807) is 5.57 Å². The highest BCUT2D eigenvalue weighted by Gasteiger charge is 2.51. The van der Waals surface area contributed by atoms with Gasteiger partial charge in [0.15, 0.2) is 0 Å². The third kappa shape index (κ3) is 0.832. The van der Waals surface area contributed by atoms with Gasteiger partial charge in [0, 0.05) is 23.7 Å². The topological polar surface area (TPSA) is 17.1 Å². The molecule has 0 heterocycles. The van der Waals surface area contributed by atoms with Crippen molar-refractivity contribution in [3.63, 3.8) is 0 Å². The molecule has 0 N–H and O–H groups in total. The molecule has 0 aromatic rings. The van der Waals surface area contributed by atoms with Crippen molar-refractivity contribution >= 4 is 5.78 Å². The Hall–Kier alpha value is -0.850. The van der Waals surface area contributed by atoms with Crippen LogP contribution in [-0.4, -0.2) is 5.78 Å². The molecule has 0 aromatic carbocycles. The molecule has 3 aliphatic rings. The Morgan fingerprint density at radius 1 is 1.14 bits per heavy atom. The van der Waals surface area contributed by atoms with Gasteiger partial charge < -0.3 is 0 Å². The molecule has 0 aliphatic heterocycles. The van der Waals surface area contributed by atoms with Crippen molar-refractivity contribution < 1.29 is 4.79 Å². The second kappa shape index (κ2) is 2.59. The first-order valence-electron chi connectivity index (χ1n) is 5.59. The lowest BCUT2D eigenvalue weighted by molar-refractivity contribution is -0.126. The largest absolute Gasteiger partial charge is 0.299 e. The van der Waals surface area contributed by atoms with Crippen molar-refractivity contribution in [3.8, 4) is 0 Å². The summed E-state index contributed by atoms with van der Waals surface area (Å²) in [5, 5.41) is 0. The van der Waals surface area contributed by atoms with Gasteiger partial charge >= 0.3 is 0 Å². The molecule has 0 aromatic heterocycles. The van der Waals surface area contributed by atoms with Gasteiger partial charge in [0.25, 0.3) is 0 Å². The van der Waals surface area contributed by atoms with Crippen LogP contribution in [-0.2, 0) is 4.79 Å². The van der Waals surface area contributed by atoms with Gasteiger partial charge in [0.2, 0.25) is 0 Å². The molecule has 4 atom stereocenters. The summed E-state index contributed by atoms with van der Waals surface area (Å²) in [6.07, 6.45) is 6.83. The number of fused-ring (bicyclic) bond motifs is 6. The van der Waals surface area contributed by atoms with Gasteiger partial charge in [-0.05, 0) is 26.7 Å². The second-order valence-corrected chi connectivity index (χ2v) is 5.08. The summed E-state index contributed by atoms with van der Waals surface area (Å²) in [6, 6.07) is 0. The second-order valence-electron chi connectivity index (χ2n) is 5.08. The number of carbonyl (C=O) groups excluding carboxylic acids is 1. The van der Waals surface area contributed by atoms with E-state index >= 15 is 0 Å². The molecule has 74 valence electrons. The van der Waals surface area contributed by atoms with Crippen molar-refractivity contribution in [1.82, 2.24) is 0 Å². The van der Waals surface area contributed by atoms with E-state index in [0.717, 1.165) is 12.8 Å². The summed E-state index contributed by atoms with van der Waals surface area (Å²) < 4.78 is 0. The van der Waals surface area contributed by atoms with Crippen LogP contribution in [0.3, 0.4) is 0 Å². The van der Waals surface area contributed by atoms with E-state index in [-0.39, 0.29) is 0 Å². The predicted molar refractivity (Wildman–Crippen MR) is 55.7 cm³/mol. The zero-order valence-electron chi connectivity index (χ0n) is 8.79. The van der Waals surface area contributed by atoms with Gasteiger partial charge in [-0.2, -0.15) is 0 Å². The molecule has 0 saturated heterocycles. The lowest BCUT2D eigenvalue weighted by Gasteiger charge is -2.30. The molecule has 0 amide bonds. The van der Waals surface area contributed by atoms with E-state index in [1.165, 1.54) is 5.57 Å². The first-order chi connectivity index (χ1) is 6.70. The minimum Gasteiger partial charge on any atom is -0.299 e. The van der Waals surface area contributed by atoms with Crippen LogP contribution < -0.4 is 0 Å². The van der Waals surface area contributed by atoms with Crippen molar-refractivity contribution in [2.75, 3.05) is 0 Å². The fourth-order valence-electron chi connectivity index (χ4n) is 3.67. The van der Waals surface area contributed by atoms with E-state index in [1.807, 2.05) is 0 Å². The van der Waals surface area contributed by atoms with Gasteiger partial charge in [-0.3, -0.25) is 4.79 Å². The maximum Gasteiger partial charge on any atom is 0.140 e. The summed E-state index contributed by atoms with van der Waals surface area (Å²) in [5.74, 6) is 2.15. The molecule has 14 heavy (non-hydrogen) atoms. The Labute approximate surface area is 84.9 Å². The van der Waals surface area contributed by atoms with Gasteiger partial charge in [-0.1, -0.05) is 23.3 Å². The Balaban J connectivity index is 2.14. The fourth-order valence-corrected chi connectivity index (χ4v) is 3.67. The zero-order chi connectivity index (χ0) is 9.87. The number of ketones is 1. The number of hydrogen-bond donors (Lipinski definition) is 0. The fraction of sp³-hybridized carbons (Fsp3) is 0.615. The lowest BCUT2D eigenvalue weighted by atomic mass is 9.72. The molecule has 4 bridgehead atoms. The highest BCUT2D eigenvalue weighted by molar-refractivity contribution is 5.89. The van der Waals surface area contributed by atoms with Crippen molar-refractivity contribution in [3.05, 3.63) is 23.3 Å². The van der Waals surface area contributed by atoms with Crippen LogP contribution in [0, 0.1) is 23.7 Å². The molecular formula is C13H16O. The van der Waals surface area contributed by atoms with Gasteiger partial charge in [-0.25, -0.2) is 0 Å². The minimum atomic E-state index is 0.333. The van der Waals surface area contributed by atoms with Crippen LogP contribution in [0.4, 0.5) is 0 Å². The Morgan fingerprint density at radius 2 is 1.64 bits per heavy atom. The van der Waals surface area contributed by atoms with Crippen LogP contribution >= 0.6 is 0 Å². The van der Waals surface area contributed by atoms with Crippen molar-refractivity contribution in [2.45, 2.75) is 26.7 Å². The predicted octanol–water partition coefficient (Wildman–Crippen LogP) is 2.73. The lowest BCUT2D eigenvalue weighted by Crippen LogP contribution is -2.32. The van der Waals surface area contributed by atoms with Gasteiger partial charge in [-0.15, -0.1) is 0 Å². The maximum absolute atomic E-state index is 12.0. The third-order valence-electron chi connectivity index (χ3n) is 4.21. The third-order valence-corrected chi connectivity index (χ3v) is 4.21. The smallest absolute Gasteiger partial charge is 0.140 e. The monoisotopic (exact) mass is 188 g/mol. The van der Waals surface area contributed by atoms with Gasteiger partial charge in [0.1, 0.15) is 5.78 Å². The van der Waals surface area contributed by atoms with Crippen LogP contribution in [0.2, 0.25) is 0 Å². The highest BCUT2D eigenvalue weighted by atomic mass is 16.1. The van der Waals surface area contributed by atoms with Gasteiger partial charge in [0.05, 0.1) is 0 Å². The molecule has 1 heteroatoms. The van der Waals surface area contributed by atoms with Crippen molar-refractivity contribution in [1.29, 1.82) is 0 Å². The summed E-state index contributed by atoms with van der Waals surface area (Å²) in [6.45, 7) is 4.38. The molecule has 3 aliphatic carbocycles. The number of Topliss-reactive ketones (excluding diaryl/α,β-unsaturated/α-hetero) is 1. The molecular weight excluding hydrogens is 172 g/mol. The molecule has 1 nitrogen and oxygen atoms in total. The number of carbonyl (C=O) groups is 1. The quantitative estimate of drug-likeness (QED) is 0.534. The standard InChI is InChI=1S/C13H16O/c1-7(2)12-8-3-4-9(12)11-6-5-10(8)13(11)14/h3-4,8-11H,5-6H2,1-2H3/t8-,9+,10-,11+. The number of rotatable bonds is 0. The van der Waals surface area contributed by atoms with Crippen LogP contribution in [0.15, 0.2) is 23.3 Å². The van der Waals surface area contributed by atoms with E-state index in [4.69, 9.17) is 0 Å². The summed E-state index contributed by atoms with van der Waals surface area (Å²) in [7, 11) is 0. The average Bonchev–Trinajstić information content (AvgIpc) is 2.56. The average molecular weight is 188 g/mol. The number of hydrogen-bond acceptors (Lipinski definition) is 1. The summed E-state index contributed by atoms with van der Waals surface area (Å²) in [4.78, 5) is 12.0. The molecule has 2 fully saturated rings. The summed E-state index contributed by atoms with van der Waals surface area (Å²) >= 11 is 0. The SMILES string of the molecule is CC(C)=C1[C@H]2C=C[C@@H]1[C@H]1CC[C@@H]2C1=O. The molecule has 0 unspecified atom stereocenters. The van der Waals surface area contributed by atoms with E-state index < -0.39 is 0 Å². The normalized spacial score (nSPS) is 43.6. The Kier molecular flexibility index (Phi) is 1.56. The Bertz CT molecular complexity index is 331.